The summed E-state index contributed by atoms with van der Waals surface area (Å²) in [6.45, 7) is 0.285. The Bertz CT molecular complexity index is 583. The van der Waals surface area contributed by atoms with E-state index in [1.165, 1.54) is 19.1 Å². The highest BCUT2D eigenvalue weighted by atomic mass is 79.9. The van der Waals surface area contributed by atoms with E-state index < -0.39 is 16.9 Å². The molecule has 1 aromatic carbocycles. The third-order valence-corrected chi connectivity index (χ3v) is 4.77. The molecule has 2 atom stereocenters. The molecule has 6 nitrogen and oxygen atoms in total. The number of rotatable bonds is 7. The van der Waals surface area contributed by atoms with Crippen LogP contribution in [0.25, 0.3) is 0 Å². The van der Waals surface area contributed by atoms with Crippen LogP contribution in [0.5, 0.6) is 0 Å². The van der Waals surface area contributed by atoms with E-state index in [-0.39, 0.29) is 18.4 Å². The van der Waals surface area contributed by atoms with E-state index in [2.05, 4.69) is 20.7 Å². The first-order valence-electron chi connectivity index (χ1n) is 7.21. The van der Waals surface area contributed by atoms with Gasteiger partial charge in [0, 0.05) is 13.7 Å². The summed E-state index contributed by atoms with van der Waals surface area (Å²) in [5, 5.41) is 0. The van der Waals surface area contributed by atoms with Gasteiger partial charge in [0.15, 0.2) is 0 Å². The molecule has 0 bridgehead atoms. The highest BCUT2D eigenvalue weighted by molar-refractivity contribution is 9.10. The van der Waals surface area contributed by atoms with E-state index >= 15 is 0 Å². The van der Waals surface area contributed by atoms with Crippen molar-refractivity contribution in [2.75, 3.05) is 20.8 Å². The predicted octanol–water partition coefficient (Wildman–Crippen LogP) is 2.01. The molecule has 23 heavy (non-hydrogen) atoms. The Balaban J connectivity index is 1.93. The molecule has 0 fully saturated rings. The molecule has 0 radical (unpaired) electrons. The summed E-state index contributed by atoms with van der Waals surface area (Å²) < 4.78 is 9.95. The predicted molar refractivity (Wildman–Crippen MR) is 86.6 cm³/mol. The number of hydrogen-bond acceptors (Lipinski definition) is 5. The summed E-state index contributed by atoms with van der Waals surface area (Å²) >= 11 is 3.24. The van der Waals surface area contributed by atoms with Crippen molar-refractivity contribution in [2.45, 2.75) is 23.8 Å². The Morgan fingerprint density at radius 3 is 2.22 bits per heavy atom. The van der Waals surface area contributed by atoms with Gasteiger partial charge in [0.05, 0.1) is 24.3 Å². The summed E-state index contributed by atoms with van der Waals surface area (Å²) in [7, 11) is 2.81. The average molecular weight is 384 g/mol. The lowest BCUT2D eigenvalue weighted by molar-refractivity contribution is -0.142. The van der Waals surface area contributed by atoms with E-state index in [1.54, 1.807) is 24.3 Å². The van der Waals surface area contributed by atoms with Crippen molar-refractivity contribution in [3.05, 3.63) is 35.4 Å². The van der Waals surface area contributed by atoms with E-state index in [1.807, 2.05) is 0 Å². The number of methoxy groups -OCH3 is 2. The quantitative estimate of drug-likeness (QED) is 0.409. The molecule has 2 amide bonds. The summed E-state index contributed by atoms with van der Waals surface area (Å²) in [5.74, 6) is -0.969. The highest BCUT2D eigenvalue weighted by Gasteiger charge is 2.35. The van der Waals surface area contributed by atoms with E-state index in [9.17, 15) is 14.4 Å². The summed E-state index contributed by atoms with van der Waals surface area (Å²) in [6, 6.07) is 6.78. The summed E-state index contributed by atoms with van der Waals surface area (Å²) in [4.78, 5) is 36.6. The first-order chi connectivity index (χ1) is 11.0. The van der Waals surface area contributed by atoms with E-state index in [0.29, 0.717) is 24.0 Å². The van der Waals surface area contributed by atoms with Gasteiger partial charge in [-0.1, -0.05) is 28.1 Å². The molecule has 2 rings (SSSR count). The first kappa shape index (κ1) is 17.6. The summed E-state index contributed by atoms with van der Waals surface area (Å²) in [5.41, 5.74) is 0.877. The van der Waals surface area contributed by atoms with Gasteiger partial charge in [-0.15, -0.1) is 0 Å². The van der Waals surface area contributed by atoms with Crippen molar-refractivity contribution in [3.63, 3.8) is 0 Å². The number of halogens is 1. The Hall–Kier alpha value is -1.73. The number of nitrogens with zero attached hydrogens (tertiary/aromatic N) is 1. The van der Waals surface area contributed by atoms with Crippen molar-refractivity contribution in [1.82, 2.24) is 4.90 Å². The minimum atomic E-state index is -0.584. The van der Waals surface area contributed by atoms with Crippen LogP contribution >= 0.6 is 15.9 Å². The number of imide groups is 1. The molecular weight excluding hydrogens is 366 g/mol. The SMILES string of the molecule is COC(=O)[C@H](Br)[C@H](CCCN1C(=O)c2ccccc2C1=O)OC. The average Bonchev–Trinajstić information content (AvgIpc) is 2.82. The number of carbonyl (C=O) groups is 3. The van der Waals surface area contributed by atoms with Gasteiger partial charge in [0.25, 0.3) is 11.8 Å². The Labute approximate surface area is 142 Å². The second kappa shape index (κ2) is 7.70. The largest absolute Gasteiger partial charge is 0.468 e. The maximum Gasteiger partial charge on any atom is 0.322 e. The fraction of sp³-hybridized carbons (Fsp3) is 0.438. The van der Waals surface area contributed by atoms with Gasteiger partial charge in [-0.2, -0.15) is 0 Å². The van der Waals surface area contributed by atoms with Crippen LogP contribution in [0.1, 0.15) is 33.6 Å². The van der Waals surface area contributed by atoms with Crippen LogP contribution in [0.2, 0.25) is 0 Å². The van der Waals surface area contributed by atoms with Gasteiger partial charge < -0.3 is 9.47 Å². The maximum absolute atomic E-state index is 12.2. The van der Waals surface area contributed by atoms with Gasteiger partial charge in [0.1, 0.15) is 4.83 Å². The molecule has 0 N–H and O–H groups in total. The first-order valence-corrected chi connectivity index (χ1v) is 8.12. The number of hydrogen-bond donors (Lipinski definition) is 0. The zero-order valence-corrected chi connectivity index (χ0v) is 14.5. The molecule has 0 saturated heterocycles. The Kier molecular flexibility index (Phi) is 5.90. The van der Waals surface area contributed by atoms with Crippen molar-refractivity contribution in [2.24, 2.45) is 0 Å². The van der Waals surface area contributed by atoms with Crippen LogP contribution < -0.4 is 0 Å². The van der Waals surface area contributed by atoms with Gasteiger partial charge >= 0.3 is 5.97 Å². The zero-order valence-electron chi connectivity index (χ0n) is 13.0. The van der Waals surface area contributed by atoms with Gasteiger partial charge in [-0.05, 0) is 25.0 Å². The van der Waals surface area contributed by atoms with Gasteiger partial charge in [-0.25, -0.2) is 0 Å². The minimum Gasteiger partial charge on any atom is -0.468 e. The van der Waals surface area contributed by atoms with E-state index in [0.717, 1.165) is 0 Å². The third-order valence-electron chi connectivity index (χ3n) is 3.80. The van der Waals surface area contributed by atoms with Crippen LogP contribution in [0.3, 0.4) is 0 Å². The van der Waals surface area contributed by atoms with Crippen molar-refractivity contribution in [1.29, 1.82) is 0 Å². The normalized spacial score (nSPS) is 16.2. The van der Waals surface area contributed by atoms with Crippen LogP contribution in [0, 0.1) is 0 Å². The molecule has 0 saturated carbocycles. The van der Waals surface area contributed by atoms with Crippen LogP contribution in [0.15, 0.2) is 24.3 Å². The number of benzene rings is 1. The van der Waals surface area contributed by atoms with Crippen LogP contribution in [0.4, 0.5) is 0 Å². The molecule has 0 spiro atoms. The van der Waals surface area contributed by atoms with Crippen molar-refractivity contribution in [3.8, 4) is 0 Å². The molecule has 1 heterocycles. The molecule has 1 aliphatic rings. The third kappa shape index (κ3) is 3.61. The molecule has 0 aliphatic carbocycles. The van der Waals surface area contributed by atoms with Crippen LogP contribution in [-0.2, 0) is 14.3 Å². The minimum absolute atomic E-state index is 0.275. The van der Waals surface area contributed by atoms with Crippen molar-refractivity contribution < 1.29 is 23.9 Å². The van der Waals surface area contributed by atoms with Gasteiger partial charge in [-0.3, -0.25) is 19.3 Å². The maximum atomic E-state index is 12.2. The number of amides is 2. The number of carbonyl (C=O) groups excluding carboxylic acids is 3. The highest BCUT2D eigenvalue weighted by Crippen LogP contribution is 2.23. The Morgan fingerprint density at radius 1 is 1.17 bits per heavy atom. The summed E-state index contributed by atoms with van der Waals surface area (Å²) in [6.07, 6.45) is 0.649. The second-order valence-electron chi connectivity index (χ2n) is 5.15. The van der Waals surface area contributed by atoms with Gasteiger partial charge in [0.2, 0.25) is 0 Å². The smallest absolute Gasteiger partial charge is 0.322 e. The molecule has 0 aromatic heterocycles. The molecule has 7 heteroatoms. The molecule has 124 valence electrons. The topological polar surface area (TPSA) is 72.9 Å². The number of fused-ring (bicyclic) bond motifs is 1. The zero-order chi connectivity index (χ0) is 17.0. The van der Waals surface area contributed by atoms with Crippen LogP contribution in [-0.4, -0.2) is 54.4 Å². The lowest BCUT2D eigenvalue weighted by Gasteiger charge is -2.20. The number of alkyl halides is 1. The van der Waals surface area contributed by atoms with E-state index in [4.69, 9.17) is 4.74 Å². The fourth-order valence-electron chi connectivity index (χ4n) is 2.54. The Morgan fingerprint density at radius 2 is 1.74 bits per heavy atom. The lowest BCUT2D eigenvalue weighted by atomic mass is 10.1. The fourth-order valence-corrected chi connectivity index (χ4v) is 3.21. The molecule has 1 aliphatic heterocycles. The van der Waals surface area contributed by atoms with Crippen molar-refractivity contribution >= 4 is 33.7 Å². The monoisotopic (exact) mass is 383 g/mol. The molecule has 1 aromatic rings. The lowest BCUT2D eigenvalue weighted by Crippen LogP contribution is -2.34. The number of esters is 1. The standard InChI is InChI=1S/C16H18BrNO5/c1-22-12(13(17)16(21)23-2)8-5-9-18-14(19)10-6-3-4-7-11(10)15(18)20/h3-4,6-7,12-13H,5,8-9H2,1-2H3/t12-,13+/m0/s1. The number of ether oxygens (including phenoxy) is 2. The molecular formula is C16H18BrNO5. The second-order valence-corrected chi connectivity index (χ2v) is 6.14. The molecule has 0 unspecified atom stereocenters.